The Morgan fingerprint density at radius 3 is 1.57 bits per heavy atom. The number of carbonyl (C=O) groups is 2. The van der Waals surface area contributed by atoms with E-state index in [9.17, 15) is 9.59 Å². The van der Waals surface area contributed by atoms with Crippen LogP contribution < -0.4 is 10.1 Å². The van der Waals surface area contributed by atoms with Gasteiger partial charge in [0.2, 0.25) is 5.91 Å². The van der Waals surface area contributed by atoms with Crippen molar-refractivity contribution in [3.8, 4) is 5.75 Å². The van der Waals surface area contributed by atoms with E-state index in [0.717, 1.165) is 28.0 Å². The van der Waals surface area contributed by atoms with Crippen molar-refractivity contribution < 1.29 is 19.1 Å². The number of rotatable bonds is 10. The first-order valence-electron chi connectivity index (χ1n) is 12.2. The van der Waals surface area contributed by atoms with Gasteiger partial charge in [0.25, 0.3) is 0 Å². The third kappa shape index (κ3) is 5.89. The van der Waals surface area contributed by atoms with Gasteiger partial charge in [-0.15, -0.1) is 0 Å². The first-order chi connectivity index (χ1) is 18.1. The lowest BCUT2D eigenvalue weighted by Gasteiger charge is -2.36. The summed E-state index contributed by atoms with van der Waals surface area (Å²) in [6, 6.07) is 36.6. The topological polar surface area (TPSA) is 64.6 Å². The molecule has 0 unspecified atom stereocenters. The molecule has 5 heteroatoms. The van der Waals surface area contributed by atoms with Gasteiger partial charge in [0, 0.05) is 12.8 Å². The smallest absolute Gasteiger partial charge is 0.328 e. The standard InChI is InChI=1S/C32H31NO4/c1-36-28-20-18-24(19-21-28)22-29(31(35)37-2)33-30(34)23-32(25-12-6-3-7-13-25,26-14-8-4-9-15-26)27-16-10-5-11-17-27/h3-21,29H,22-23H2,1-2H3,(H,33,34)/t29-/m1/s1. The zero-order chi connectivity index (χ0) is 26.1. The lowest BCUT2D eigenvalue weighted by atomic mass is 9.67. The molecule has 0 aliphatic carbocycles. The average molecular weight is 494 g/mol. The molecule has 0 saturated heterocycles. The molecule has 0 spiro atoms. The quantitative estimate of drug-likeness (QED) is 0.240. The number of methoxy groups -OCH3 is 2. The minimum atomic E-state index is -0.828. The van der Waals surface area contributed by atoms with E-state index in [0.29, 0.717) is 6.42 Å². The highest BCUT2D eigenvalue weighted by atomic mass is 16.5. The lowest BCUT2D eigenvalue weighted by Crippen LogP contribution is -2.46. The van der Waals surface area contributed by atoms with Crippen LogP contribution in [0, 0.1) is 0 Å². The van der Waals surface area contributed by atoms with Gasteiger partial charge in [-0.05, 0) is 34.4 Å². The van der Waals surface area contributed by atoms with Crippen molar-refractivity contribution in [2.75, 3.05) is 14.2 Å². The number of carbonyl (C=O) groups excluding carboxylic acids is 2. The Morgan fingerprint density at radius 2 is 1.16 bits per heavy atom. The van der Waals surface area contributed by atoms with Crippen molar-refractivity contribution in [2.45, 2.75) is 24.3 Å². The average Bonchev–Trinajstić information content (AvgIpc) is 2.97. The fourth-order valence-corrected chi connectivity index (χ4v) is 4.79. The summed E-state index contributed by atoms with van der Waals surface area (Å²) < 4.78 is 10.3. The lowest BCUT2D eigenvalue weighted by molar-refractivity contribution is -0.145. The first kappa shape index (κ1) is 25.7. The molecular formula is C32H31NO4. The molecular weight excluding hydrogens is 462 g/mol. The van der Waals surface area contributed by atoms with E-state index >= 15 is 0 Å². The van der Waals surface area contributed by atoms with Crippen molar-refractivity contribution in [1.82, 2.24) is 5.32 Å². The summed E-state index contributed by atoms with van der Waals surface area (Å²) in [5.41, 5.74) is 3.11. The maximum absolute atomic E-state index is 13.8. The van der Waals surface area contributed by atoms with E-state index in [1.54, 1.807) is 7.11 Å². The largest absolute Gasteiger partial charge is 0.497 e. The molecule has 0 radical (unpaired) electrons. The van der Waals surface area contributed by atoms with Crippen LogP contribution >= 0.6 is 0 Å². The molecule has 4 aromatic carbocycles. The fraction of sp³-hybridized carbons (Fsp3) is 0.188. The number of ether oxygens (including phenoxy) is 2. The summed E-state index contributed by atoms with van der Waals surface area (Å²) >= 11 is 0. The van der Waals surface area contributed by atoms with Crippen LogP contribution in [0.1, 0.15) is 28.7 Å². The third-order valence-corrected chi connectivity index (χ3v) is 6.65. The van der Waals surface area contributed by atoms with Gasteiger partial charge in [0.15, 0.2) is 0 Å². The molecule has 0 aromatic heterocycles. The summed E-state index contributed by atoms with van der Waals surface area (Å²) in [5.74, 6) is -0.0184. The molecule has 0 heterocycles. The van der Waals surface area contributed by atoms with Gasteiger partial charge in [-0.25, -0.2) is 4.79 Å². The molecule has 0 aliphatic heterocycles. The van der Waals surface area contributed by atoms with Crippen molar-refractivity contribution in [2.24, 2.45) is 0 Å². The van der Waals surface area contributed by atoms with E-state index in [4.69, 9.17) is 9.47 Å². The molecule has 5 nitrogen and oxygen atoms in total. The Bertz CT molecular complexity index is 1190. The zero-order valence-corrected chi connectivity index (χ0v) is 21.1. The predicted molar refractivity (Wildman–Crippen MR) is 144 cm³/mol. The highest BCUT2D eigenvalue weighted by Gasteiger charge is 2.39. The fourth-order valence-electron chi connectivity index (χ4n) is 4.79. The van der Waals surface area contributed by atoms with Crippen molar-refractivity contribution >= 4 is 11.9 Å². The summed E-state index contributed by atoms with van der Waals surface area (Å²) in [5, 5.41) is 2.96. The van der Waals surface area contributed by atoms with E-state index in [1.165, 1.54) is 7.11 Å². The molecule has 37 heavy (non-hydrogen) atoms. The van der Waals surface area contributed by atoms with Gasteiger partial charge in [-0.3, -0.25) is 4.79 Å². The maximum Gasteiger partial charge on any atom is 0.328 e. The number of hydrogen-bond donors (Lipinski definition) is 1. The summed E-state index contributed by atoms with van der Waals surface area (Å²) in [6.07, 6.45) is 0.415. The van der Waals surface area contributed by atoms with Crippen molar-refractivity contribution in [1.29, 1.82) is 0 Å². The van der Waals surface area contributed by atoms with Crippen LogP contribution in [0.4, 0.5) is 0 Å². The number of hydrogen-bond acceptors (Lipinski definition) is 4. The van der Waals surface area contributed by atoms with Gasteiger partial charge in [0.05, 0.1) is 19.6 Å². The Kier molecular flexibility index (Phi) is 8.37. The molecule has 4 rings (SSSR count). The van der Waals surface area contributed by atoms with Gasteiger partial charge < -0.3 is 14.8 Å². The Balaban J connectivity index is 1.71. The number of amides is 1. The van der Waals surface area contributed by atoms with E-state index in [-0.39, 0.29) is 12.3 Å². The van der Waals surface area contributed by atoms with E-state index < -0.39 is 17.4 Å². The molecule has 1 atom stereocenters. The normalized spacial score (nSPS) is 11.8. The summed E-state index contributed by atoms with van der Waals surface area (Å²) in [7, 11) is 2.93. The highest BCUT2D eigenvalue weighted by Crippen LogP contribution is 2.42. The molecule has 1 N–H and O–H groups in total. The number of nitrogens with one attached hydrogen (secondary N) is 1. The highest BCUT2D eigenvalue weighted by molar-refractivity contribution is 5.86. The van der Waals surface area contributed by atoms with Crippen LogP contribution in [0.5, 0.6) is 5.75 Å². The van der Waals surface area contributed by atoms with Crippen LogP contribution in [0.2, 0.25) is 0 Å². The second kappa shape index (κ2) is 12.0. The van der Waals surface area contributed by atoms with Crippen molar-refractivity contribution in [3.05, 3.63) is 138 Å². The molecule has 4 aromatic rings. The molecule has 0 bridgehead atoms. The predicted octanol–water partition coefficient (Wildman–Crippen LogP) is 5.32. The Labute approximate surface area is 218 Å². The van der Waals surface area contributed by atoms with E-state index in [2.05, 4.69) is 5.32 Å². The summed E-state index contributed by atoms with van der Waals surface area (Å²) in [6.45, 7) is 0. The van der Waals surface area contributed by atoms with Gasteiger partial charge >= 0.3 is 5.97 Å². The number of benzene rings is 4. The number of esters is 1. The minimum absolute atomic E-state index is 0.112. The Morgan fingerprint density at radius 1 is 0.703 bits per heavy atom. The SMILES string of the molecule is COC(=O)[C@@H](Cc1ccc(OC)cc1)NC(=O)CC(c1ccccc1)(c1ccccc1)c1ccccc1. The van der Waals surface area contributed by atoms with Crippen LogP contribution in [0.3, 0.4) is 0 Å². The van der Waals surface area contributed by atoms with Crippen LogP contribution in [0.15, 0.2) is 115 Å². The van der Waals surface area contributed by atoms with Gasteiger partial charge in [-0.2, -0.15) is 0 Å². The monoisotopic (exact) mass is 493 g/mol. The van der Waals surface area contributed by atoms with Crippen molar-refractivity contribution in [3.63, 3.8) is 0 Å². The second-order valence-corrected chi connectivity index (χ2v) is 8.88. The Hall–Kier alpha value is -4.38. The first-order valence-corrected chi connectivity index (χ1v) is 12.2. The molecule has 188 valence electrons. The van der Waals surface area contributed by atoms with Crippen LogP contribution in [0.25, 0.3) is 0 Å². The van der Waals surface area contributed by atoms with Gasteiger partial charge in [0.1, 0.15) is 11.8 Å². The third-order valence-electron chi connectivity index (χ3n) is 6.65. The van der Waals surface area contributed by atoms with Gasteiger partial charge in [-0.1, -0.05) is 103 Å². The second-order valence-electron chi connectivity index (χ2n) is 8.88. The zero-order valence-electron chi connectivity index (χ0n) is 21.1. The summed E-state index contributed by atoms with van der Waals surface area (Å²) in [4.78, 5) is 26.5. The minimum Gasteiger partial charge on any atom is -0.497 e. The molecule has 1 amide bonds. The molecule has 0 saturated carbocycles. The van der Waals surface area contributed by atoms with Crippen LogP contribution in [-0.2, 0) is 26.2 Å². The van der Waals surface area contributed by atoms with Crippen LogP contribution in [-0.4, -0.2) is 32.1 Å². The van der Waals surface area contributed by atoms with E-state index in [1.807, 2.05) is 115 Å². The molecule has 0 aliphatic rings. The maximum atomic E-state index is 13.8. The molecule has 0 fully saturated rings.